The molecule has 0 fully saturated rings. The van der Waals surface area contributed by atoms with Crippen LogP contribution in [-0.2, 0) is 22.6 Å². The maximum atomic E-state index is 12.0. The van der Waals surface area contributed by atoms with Crippen molar-refractivity contribution in [2.24, 2.45) is 0 Å². The number of anilines is 1. The number of benzene rings is 2. The van der Waals surface area contributed by atoms with Gasteiger partial charge in [0.2, 0.25) is 11.8 Å². The van der Waals surface area contributed by atoms with E-state index in [2.05, 4.69) is 5.32 Å². The third kappa shape index (κ3) is 4.83. The fourth-order valence-corrected chi connectivity index (χ4v) is 2.31. The zero-order valence-corrected chi connectivity index (χ0v) is 13.9. The fraction of sp³-hybridized carbons (Fsp3) is 0.222. The zero-order valence-electron chi connectivity index (χ0n) is 13.2. The molecule has 23 heavy (non-hydrogen) atoms. The third-order valence-electron chi connectivity index (χ3n) is 3.59. The Bertz CT molecular complexity index is 698. The predicted octanol–water partition coefficient (Wildman–Crippen LogP) is 3.18. The van der Waals surface area contributed by atoms with Gasteiger partial charge >= 0.3 is 0 Å². The first-order valence-corrected chi connectivity index (χ1v) is 7.68. The lowest BCUT2D eigenvalue weighted by molar-refractivity contribution is -0.120. The highest BCUT2D eigenvalue weighted by Gasteiger charge is 2.08. The molecule has 2 aromatic rings. The normalized spacial score (nSPS) is 10.2. The Morgan fingerprint density at radius 2 is 1.74 bits per heavy atom. The minimum absolute atomic E-state index is 0.0322. The number of hydrogen-bond acceptors (Lipinski definition) is 2. The number of amides is 2. The number of nitrogens with one attached hydrogen (secondary N) is 1. The topological polar surface area (TPSA) is 49.4 Å². The van der Waals surface area contributed by atoms with Crippen molar-refractivity contribution in [1.29, 1.82) is 0 Å². The van der Waals surface area contributed by atoms with E-state index in [0.717, 1.165) is 16.8 Å². The summed E-state index contributed by atoms with van der Waals surface area (Å²) >= 11 is 6.06. The second-order valence-electron chi connectivity index (χ2n) is 5.29. The van der Waals surface area contributed by atoms with E-state index in [4.69, 9.17) is 11.6 Å². The molecule has 0 unspecified atom stereocenters. The highest BCUT2D eigenvalue weighted by molar-refractivity contribution is 6.31. The second-order valence-corrected chi connectivity index (χ2v) is 5.70. The molecule has 2 aromatic carbocycles. The summed E-state index contributed by atoms with van der Waals surface area (Å²) < 4.78 is 0. The Labute approximate surface area is 141 Å². The molecular formula is C18H19ClN2O2. The number of halogens is 1. The lowest BCUT2D eigenvalue weighted by Gasteiger charge is -2.15. The van der Waals surface area contributed by atoms with Crippen molar-refractivity contribution < 1.29 is 9.59 Å². The first kappa shape index (κ1) is 17.0. The maximum Gasteiger partial charge on any atom is 0.224 e. The minimum Gasteiger partial charge on any atom is -0.352 e. The van der Waals surface area contributed by atoms with E-state index in [1.54, 1.807) is 18.0 Å². The Balaban J connectivity index is 1.90. The molecule has 0 bridgehead atoms. The van der Waals surface area contributed by atoms with Crippen LogP contribution < -0.4 is 10.2 Å². The van der Waals surface area contributed by atoms with Gasteiger partial charge in [-0.15, -0.1) is 0 Å². The van der Waals surface area contributed by atoms with Crippen molar-refractivity contribution in [1.82, 2.24) is 5.32 Å². The molecule has 5 heteroatoms. The van der Waals surface area contributed by atoms with E-state index in [9.17, 15) is 9.59 Å². The first-order chi connectivity index (χ1) is 11.0. The van der Waals surface area contributed by atoms with Gasteiger partial charge in [0, 0.05) is 31.2 Å². The molecule has 0 aliphatic carbocycles. The van der Waals surface area contributed by atoms with Crippen LogP contribution in [0.3, 0.4) is 0 Å². The van der Waals surface area contributed by atoms with Crippen molar-refractivity contribution in [3.63, 3.8) is 0 Å². The fourth-order valence-electron chi connectivity index (χ4n) is 2.10. The number of carbonyl (C=O) groups is 2. The molecule has 120 valence electrons. The van der Waals surface area contributed by atoms with Crippen molar-refractivity contribution in [3.8, 4) is 0 Å². The molecule has 1 N–H and O–H groups in total. The number of carbonyl (C=O) groups excluding carboxylic acids is 2. The van der Waals surface area contributed by atoms with Crippen LogP contribution in [0.4, 0.5) is 5.69 Å². The van der Waals surface area contributed by atoms with Crippen LogP contribution in [0, 0.1) is 0 Å². The molecule has 0 saturated carbocycles. The van der Waals surface area contributed by atoms with Gasteiger partial charge in [-0.2, -0.15) is 0 Å². The summed E-state index contributed by atoms with van der Waals surface area (Å²) in [5, 5.41) is 3.50. The Kier molecular flexibility index (Phi) is 5.77. The highest BCUT2D eigenvalue weighted by atomic mass is 35.5. The number of hydrogen-bond donors (Lipinski definition) is 1. The van der Waals surface area contributed by atoms with Crippen molar-refractivity contribution >= 4 is 29.1 Å². The third-order valence-corrected chi connectivity index (χ3v) is 3.96. The van der Waals surface area contributed by atoms with Gasteiger partial charge in [0.1, 0.15) is 0 Å². The van der Waals surface area contributed by atoms with Crippen LogP contribution in [0.1, 0.15) is 18.1 Å². The van der Waals surface area contributed by atoms with E-state index in [0.29, 0.717) is 11.6 Å². The Morgan fingerprint density at radius 1 is 1.09 bits per heavy atom. The monoisotopic (exact) mass is 330 g/mol. The Hall–Kier alpha value is -2.33. The van der Waals surface area contributed by atoms with Crippen molar-refractivity contribution in [2.75, 3.05) is 11.9 Å². The quantitative estimate of drug-likeness (QED) is 0.915. The van der Waals surface area contributed by atoms with Crippen LogP contribution in [-0.4, -0.2) is 18.9 Å². The van der Waals surface area contributed by atoms with Crippen LogP contribution in [0.25, 0.3) is 0 Å². The molecular weight excluding hydrogens is 312 g/mol. The average Bonchev–Trinajstić information content (AvgIpc) is 2.54. The standard InChI is InChI=1S/C18H19ClN2O2/c1-13(22)21(2)16-9-7-14(8-10-16)11-18(23)20-12-15-5-3-4-6-17(15)19/h3-10H,11-12H2,1-2H3,(H,20,23). The van der Waals surface area contributed by atoms with Crippen LogP contribution in [0.15, 0.2) is 48.5 Å². The number of nitrogens with zero attached hydrogens (tertiary/aromatic N) is 1. The van der Waals surface area contributed by atoms with Gasteiger partial charge in [-0.1, -0.05) is 41.9 Å². The molecule has 0 aliphatic heterocycles. The molecule has 0 radical (unpaired) electrons. The minimum atomic E-state index is -0.0717. The largest absolute Gasteiger partial charge is 0.352 e. The predicted molar refractivity (Wildman–Crippen MR) is 92.5 cm³/mol. The van der Waals surface area contributed by atoms with Gasteiger partial charge in [0.05, 0.1) is 6.42 Å². The molecule has 0 spiro atoms. The molecule has 0 aliphatic rings. The van der Waals surface area contributed by atoms with E-state index in [1.807, 2.05) is 42.5 Å². The summed E-state index contributed by atoms with van der Waals surface area (Å²) in [5.41, 5.74) is 2.58. The van der Waals surface area contributed by atoms with Crippen molar-refractivity contribution in [2.45, 2.75) is 19.9 Å². The van der Waals surface area contributed by atoms with Gasteiger partial charge in [-0.3, -0.25) is 9.59 Å². The molecule has 0 heterocycles. The molecule has 2 amide bonds. The van der Waals surface area contributed by atoms with E-state index >= 15 is 0 Å². The summed E-state index contributed by atoms with van der Waals surface area (Å²) in [5.74, 6) is -0.104. The molecule has 4 nitrogen and oxygen atoms in total. The zero-order chi connectivity index (χ0) is 16.8. The summed E-state index contributed by atoms with van der Waals surface area (Å²) in [6.07, 6.45) is 0.286. The van der Waals surface area contributed by atoms with Crippen LogP contribution in [0.5, 0.6) is 0 Å². The lowest BCUT2D eigenvalue weighted by Crippen LogP contribution is -2.25. The van der Waals surface area contributed by atoms with E-state index in [1.165, 1.54) is 6.92 Å². The molecule has 0 atom stereocenters. The molecule has 2 rings (SSSR count). The smallest absolute Gasteiger partial charge is 0.224 e. The summed E-state index contributed by atoms with van der Waals surface area (Å²) in [6.45, 7) is 1.92. The van der Waals surface area contributed by atoms with Gasteiger partial charge in [-0.25, -0.2) is 0 Å². The van der Waals surface area contributed by atoms with Crippen LogP contribution in [0.2, 0.25) is 5.02 Å². The highest BCUT2D eigenvalue weighted by Crippen LogP contribution is 2.15. The SMILES string of the molecule is CC(=O)N(C)c1ccc(CC(=O)NCc2ccccc2Cl)cc1. The average molecular weight is 331 g/mol. The first-order valence-electron chi connectivity index (χ1n) is 7.30. The number of rotatable bonds is 5. The van der Waals surface area contributed by atoms with Gasteiger partial charge in [0.25, 0.3) is 0 Å². The summed E-state index contributed by atoms with van der Waals surface area (Å²) in [4.78, 5) is 24.9. The van der Waals surface area contributed by atoms with Crippen molar-refractivity contribution in [3.05, 3.63) is 64.7 Å². The van der Waals surface area contributed by atoms with Crippen LogP contribution >= 0.6 is 11.6 Å². The van der Waals surface area contributed by atoms with Gasteiger partial charge in [-0.05, 0) is 29.3 Å². The summed E-state index contributed by atoms with van der Waals surface area (Å²) in [6, 6.07) is 14.8. The summed E-state index contributed by atoms with van der Waals surface area (Å²) in [7, 11) is 1.72. The second kappa shape index (κ2) is 7.79. The molecule has 0 aromatic heterocycles. The Morgan fingerprint density at radius 3 is 2.35 bits per heavy atom. The lowest BCUT2D eigenvalue weighted by atomic mass is 10.1. The van der Waals surface area contributed by atoms with E-state index < -0.39 is 0 Å². The maximum absolute atomic E-state index is 12.0. The van der Waals surface area contributed by atoms with Gasteiger partial charge in [0.15, 0.2) is 0 Å². The molecule has 0 saturated heterocycles. The van der Waals surface area contributed by atoms with Gasteiger partial charge < -0.3 is 10.2 Å². The van der Waals surface area contributed by atoms with E-state index in [-0.39, 0.29) is 18.2 Å².